The molecular formula is C20H20FNO4. The van der Waals surface area contributed by atoms with Gasteiger partial charge in [-0.3, -0.25) is 9.59 Å². The van der Waals surface area contributed by atoms with Gasteiger partial charge in [0.15, 0.2) is 0 Å². The second kappa shape index (κ2) is 7.99. The quantitative estimate of drug-likeness (QED) is 0.831. The molecule has 0 aromatic heterocycles. The number of nitrogens with one attached hydrogen (secondary N) is 1. The molecule has 1 aliphatic carbocycles. The van der Waals surface area contributed by atoms with Gasteiger partial charge in [0, 0.05) is 6.04 Å². The maximum absolute atomic E-state index is 13.0. The second-order valence-corrected chi connectivity index (χ2v) is 6.43. The van der Waals surface area contributed by atoms with E-state index in [4.69, 9.17) is 9.84 Å². The van der Waals surface area contributed by atoms with Crippen molar-refractivity contribution in [2.24, 2.45) is 5.92 Å². The average molecular weight is 357 g/mol. The summed E-state index contributed by atoms with van der Waals surface area (Å²) in [7, 11) is 0. The molecule has 0 heterocycles. The summed E-state index contributed by atoms with van der Waals surface area (Å²) in [5.41, 5.74) is 1.19. The maximum atomic E-state index is 13.0. The summed E-state index contributed by atoms with van der Waals surface area (Å²) < 4.78 is 18.7. The van der Waals surface area contributed by atoms with Gasteiger partial charge in [-0.05, 0) is 49.1 Å². The van der Waals surface area contributed by atoms with E-state index in [1.807, 2.05) is 0 Å². The molecule has 0 spiro atoms. The van der Waals surface area contributed by atoms with Crippen LogP contribution in [0, 0.1) is 11.7 Å². The Balaban J connectivity index is 1.63. The number of benzene rings is 2. The van der Waals surface area contributed by atoms with Crippen molar-refractivity contribution < 1.29 is 23.8 Å². The van der Waals surface area contributed by atoms with Crippen molar-refractivity contribution in [3.63, 3.8) is 0 Å². The number of hydrogen-bond donors (Lipinski definition) is 2. The number of aliphatic carboxylic acids is 1. The number of para-hydroxylation sites is 1. The fraction of sp³-hybridized carbons (Fsp3) is 0.300. The Morgan fingerprint density at radius 1 is 1.12 bits per heavy atom. The highest BCUT2D eigenvalue weighted by molar-refractivity contribution is 5.97. The van der Waals surface area contributed by atoms with E-state index in [0.717, 1.165) is 5.56 Å². The molecule has 3 rings (SSSR count). The first-order valence-electron chi connectivity index (χ1n) is 8.53. The Kier molecular flexibility index (Phi) is 5.51. The molecule has 0 radical (unpaired) electrons. The summed E-state index contributed by atoms with van der Waals surface area (Å²) in [6, 6.07) is 12.7. The molecular weight excluding hydrogens is 337 g/mol. The lowest BCUT2D eigenvalue weighted by Gasteiger charge is -2.15. The Morgan fingerprint density at radius 2 is 1.85 bits per heavy atom. The molecule has 1 saturated carbocycles. The molecule has 1 fully saturated rings. The standard InChI is InChI=1S/C20H20FNO4/c21-15-8-5-13(6-9-15)12-26-18-4-2-1-3-17(18)19(23)22-16-10-7-14(11-16)20(24)25/h1-6,8-9,14,16H,7,10-12H2,(H,22,23)(H,24,25)/t14-,16+/m0/s1. The van der Waals surface area contributed by atoms with Gasteiger partial charge in [0.25, 0.3) is 5.91 Å². The molecule has 1 amide bonds. The van der Waals surface area contributed by atoms with E-state index in [-0.39, 0.29) is 24.4 Å². The molecule has 2 aromatic rings. The number of carboxylic acid groups (broad SMARTS) is 1. The van der Waals surface area contributed by atoms with Crippen LogP contribution in [0.4, 0.5) is 4.39 Å². The van der Waals surface area contributed by atoms with E-state index in [1.165, 1.54) is 12.1 Å². The van der Waals surface area contributed by atoms with Crippen molar-refractivity contribution >= 4 is 11.9 Å². The third kappa shape index (κ3) is 4.39. The number of carbonyl (C=O) groups excluding carboxylic acids is 1. The van der Waals surface area contributed by atoms with Gasteiger partial charge in [-0.25, -0.2) is 4.39 Å². The summed E-state index contributed by atoms with van der Waals surface area (Å²) in [6.45, 7) is 0.217. The fourth-order valence-corrected chi connectivity index (χ4v) is 3.12. The van der Waals surface area contributed by atoms with Gasteiger partial charge < -0.3 is 15.2 Å². The molecule has 5 nitrogen and oxygen atoms in total. The molecule has 6 heteroatoms. The van der Waals surface area contributed by atoms with Crippen LogP contribution in [0.1, 0.15) is 35.2 Å². The smallest absolute Gasteiger partial charge is 0.306 e. The minimum absolute atomic E-state index is 0.145. The van der Waals surface area contributed by atoms with Crippen LogP contribution in [0.25, 0.3) is 0 Å². The van der Waals surface area contributed by atoms with Gasteiger partial charge in [0.1, 0.15) is 18.2 Å². The highest BCUT2D eigenvalue weighted by Gasteiger charge is 2.31. The number of hydrogen-bond acceptors (Lipinski definition) is 3. The topological polar surface area (TPSA) is 75.6 Å². The Hall–Kier alpha value is -2.89. The lowest BCUT2D eigenvalue weighted by molar-refractivity contribution is -0.141. The predicted octanol–water partition coefficient (Wildman–Crippen LogP) is 3.39. The van der Waals surface area contributed by atoms with Crippen molar-refractivity contribution in [3.05, 3.63) is 65.5 Å². The Labute approximate surface area is 150 Å². The lowest BCUT2D eigenvalue weighted by Crippen LogP contribution is -2.33. The summed E-state index contributed by atoms with van der Waals surface area (Å²) in [5.74, 6) is -1.38. The minimum atomic E-state index is -0.815. The SMILES string of the molecule is O=C(N[C@@H]1CC[C@H](C(=O)O)C1)c1ccccc1OCc1ccc(F)cc1. The number of rotatable bonds is 6. The van der Waals surface area contributed by atoms with E-state index < -0.39 is 11.9 Å². The number of amides is 1. The molecule has 26 heavy (non-hydrogen) atoms. The van der Waals surface area contributed by atoms with E-state index in [0.29, 0.717) is 30.6 Å². The van der Waals surface area contributed by atoms with Crippen LogP contribution in [-0.2, 0) is 11.4 Å². The minimum Gasteiger partial charge on any atom is -0.488 e. The average Bonchev–Trinajstić information content (AvgIpc) is 3.10. The largest absolute Gasteiger partial charge is 0.488 e. The zero-order valence-corrected chi connectivity index (χ0v) is 14.2. The normalized spacial score (nSPS) is 19.1. The molecule has 2 atom stereocenters. The first-order chi connectivity index (χ1) is 12.5. The number of halogens is 1. The summed E-state index contributed by atoms with van der Waals surface area (Å²) in [5, 5.41) is 12.0. The van der Waals surface area contributed by atoms with Crippen LogP contribution in [0.15, 0.2) is 48.5 Å². The monoisotopic (exact) mass is 357 g/mol. The lowest BCUT2D eigenvalue weighted by atomic mass is 10.1. The Morgan fingerprint density at radius 3 is 2.54 bits per heavy atom. The Bertz CT molecular complexity index is 791. The highest BCUT2D eigenvalue weighted by Crippen LogP contribution is 2.27. The van der Waals surface area contributed by atoms with E-state index in [1.54, 1.807) is 36.4 Å². The first kappa shape index (κ1) is 17.9. The molecule has 1 aliphatic rings. The zero-order chi connectivity index (χ0) is 18.5. The van der Waals surface area contributed by atoms with E-state index in [9.17, 15) is 14.0 Å². The van der Waals surface area contributed by atoms with Crippen LogP contribution in [0.2, 0.25) is 0 Å². The van der Waals surface area contributed by atoms with Crippen molar-refractivity contribution in [2.75, 3.05) is 0 Å². The fourth-order valence-electron chi connectivity index (χ4n) is 3.12. The number of ether oxygens (including phenoxy) is 1. The third-order valence-electron chi connectivity index (χ3n) is 4.56. The number of carbonyl (C=O) groups is 2. The van der Waals surface area contributed by atoms with Crippen molar-refractivity contribution in [1.29, 1.82) is 0 Å². The molecule has 0 saturated heterocycles. The van der Waals surface area contributed by atoms with Crippen LogP contribution >= 0.6 is 0 Å². The van der Waals surface area contributed by atoms with Crippen molar-refractivity contribution in [3.8, 4) is 5.75 Å². The van der Waals surface area contributed by atoms with Crippen LogP contribution in [0.3, 0.4) is 0 Å². The molecule has 0 aliphatic heterocycles. The van der Waals surface area contributed by atoms with Gasteiger partial charge in [-0.2, -0.15) is 0 Å². The predicted molar refractivity (Wildman–Crippen MR) is 93.4 cm³/mol. The summed E-state index contributed by atoms with van der Waals surface area (Å²) in [4.78, 5) is 23.6. The van der Waals surface area contributed by atoms with E-state index in [2.05, 4.69) is 5.32 Å². The van der Waals surface area contributed by atoms with Gasteiger partial charge >= 0.3 is 5.97 Å². The molecule has 2 aromatic carbocycles. The molecule has 136 valence electrons. The van der Waals surface area contributed by atoms with Crippen molar-refractivity contribution in [1.82, 2.24) is 5.32 Å². The van der Waals surface area contributed by atoms with Gasteiger partial charge in [0.2, 0.25) is 0 Å². The summed E-state index contributed by atoms with van der Waals surface area (Å²) >= 11 is 0. The van der Waals surface area contributed by atoms with Crippen LogP contribution in [-0.4, -0.2) is 23.0 Å². The highest BCUT2D eigenvalue weighted by atomic mass is 19.1. The summed E-state index contributed by atoms with van der Waals surface area (Å²) in [6.07, 6.45) is 1.67. The third-order valence-corrected chi connectivity index (χ3v) is 4.56. The van der Waals surface area contributed by atoms with Gasteiger partial charge in [0.05, 0.1) is 11.5 Å². The molecule has 0 bridgehead atoms. The first-order valence-corrected chi connectivity index (χ1v) is 8.53. The van der Waals surface area contributed by atoms with E-state index >= 15 is 0 Å². The van der Waals surface area contributed by atoms with Crippen LogP contribution < -0.4 is 10.1 Å². The zero-order valence-electron chi connectivity index (χ0n) is 14.2. The number of carboxylic acids is 1. The maximum Gasteiger partial charge on any atom is 0.306 e. The van der Waals surface area contributed by atoms with Gasteiger partial charge in [-0.15, -0.1) is 0 Å². The van der Waals surface area contributed by atoms with Crippen molar-refractivity contribution in [2.45, 2.75) is 31.9 Å². The van der Waals surface area contributed by atoms with Gasteiger partial charge in [-0.1, -0.05) is 24.3 Å². The molecule has 0 unspecified atom stereocenters. The van der Waals surface area contributed by atoms with Crippen LogP contribution in [0.5, 0.6) is 5.75 Å². The molecule has 2 N–H and O–H groups in total. The second-order valence-electron chi connectivity index (χ2n) is 6.43.